The highest BCUT2D eigenvalue weighted by Gasteiger charge is 2.42. The first-order valence-electron chi connectivity index (χ1n) is 11.2. The molecule has 0 amide bonds. The molecular weight excluding hydrogens is 372 g/mol. The van der Waals surface area contributed by atoms with E-state index in [0.717, 1.165) is 45.3 Å². The van der Waals surface area contributed by atoms with E-state index in [1.165, 1.54) is 17.5 Å². The Morgan fingerprint density at radius 2 is 1.83 bits per heavy atom. The lowest BCUT2D eigenvalue weighted by molar-refractivity contribution is -0.0502. The van der Waals surface area contributed by atoms with E-state index in [1.807, 2.05) is 7.05 Å². The number of aliphatic imine (C=N–C) groups is 1. The van der Waals surface area contributed by atoms with Gasteiger partial charge in [-0.3, -0.25) is 9.89 Å². The fourth-order valence-corrected chi connectivity index (χ4v) is 5.08. The molecule has 1 N–H and O–H groups in total. The molecule has 5 rings (SSSR count). The molecule has 0 spiro atoms. The molecule has 0 aromatic heterocycles. The first kappa shape index (κ1) is 19.6. The number of nitrogens with one attached hydrogen (secondary N) is 1. The second kappa shape index (κ2) is 8.78. The highest BCUT2D eigenvalue weighted by Crippen LogP contribution is 2.46. The van der Waals surface area contributed by atoms with E-state index in [2.05, 4.69) is 80.8 Å². The van der Waals surface area contributed by atoms with E-state index >= 15 is 0 Å². The van der Waals surface area contributed by atoms with Gasteiger partial charge in [0.25, 0.3) is 0 Å². The predicted octanol–water partition coefficient (Wildman–Crippen LogP) is 2.95. The van der Waals surface area contributed by atoms with Crippen LogP contribution in [0.3, 0.4) is 0 Å². The van der Waals surface area contributed by atoms with Crippen LogP contribution < -0.4 is 5.32 Å². The third kappa shape index (κ3) is 4.23. The summed E-state index contributed by atoms with van der Waals surface area (Å²) in [6.45, 7) is 5.69. The molecule has 158 valence electrons. The van der Waals surface area contributed by atoms with Crippen LogP contribution in [0.1, 0.15) is 23.5 Å². The maximum absolute atomic E-state index is 6.14. The lowest BCUT2D eigenvalue weighted by Gasteiger charge is -2.36. The molecule has 0 bridgehead atoms. The number of nitrogens with zero attached hydrogens (tertiary/aromatic N) is 3. The molecule has 5 nitrogen and oxygen atoms in total. The first-order chi connectivity index (χ1) is 14.8. The minimum atomic E-state index is 0.263. The van der Waals surface area contributed by atoms with Gasteiger partial charge in [0.1, 0.15) is 0 Å². The highest BCUT2D eigenvalue weighted by atomic mass is 16.5. The van der Waals surface area contributed by atoms with Crippen molar-refractivity contribution in [3.05, 3.63) is 71.8 Å². The summed E-state index contributed by atoms with van der Waals surface area (Å²) < 4.78 is 6.14. The summed E-state index contributed by atoms with van der Waals surface area (Å²) in [4.78, 5) is 9.57. The van der Waals surface area contributed by atoms with Gasteiger partial charge in [0.15, 0.2) is 5.96 Å². The van der Waals surface area contributed by atoms with Gasteiger partial charge in [-0.25, -0.2) is 0 Å². The van der Waals surface area contributed by atoms with Crippen molar-refractivity contribution in [3.8, 4) is 0 Å². The molecule has 4 unspecified atom stereocenters. The molecular formula is C25H32N4O. The van der Waals surface area contributed by atoms with Crippen LogP contribution in [-0.4, -0.2) is 67.7 Å². The number of likely N-dealkylation sites (tertiary alicyclic amines) is 1. The smallest absolute Gasteiger partial charge is 0.193 e. The Morgan fingerprint density at radius 3 is 2.60 bits per heavy atom. The summed E-state index contributed by atoms with van der Waals surface area (Å²) >= 11 is 0. The predicted molar refractivity (Wildman–Crippen MR) is 121 cm³/mol. The van der Waals surface area contributed by atoms with Crippen LogP contribution in [0.4, 0.5) is 0 Å². The topological polar surface area (TPSA) is 40.1 Å². The van der Waals surface area contributed by atoms with E-state index in [0.29, 0.717) is 17.9 Å². The van der Waals surface area contributed by atoms with Crippen molar-refractivity contribution in [1.82, 2.24) is 15.1 Å². The summed E-state index contributed by atoms with van der Waals surface area (Å²) in [5.41, 5.74) is 2.84. The van der Waals surface area contributed by atoms with Gasteiger partial charge in [-0.2, -0.15) is 0 Å². The Balaban J connectivity index is 1.17. The van der Waals surface area contributed by atoms with Crippen molar-refractivity contribution >= 4 is 5.96 Å². The number of guanidine groups is 1. The molecule has 1 saturated carbocycles. The van der Waals surface area contributed by atoms with E-state index < -0.39 is 0 Å². The minimum absolute atomic E-state index is 0.263. The van der Waals surface area contributed by atoms with Crippen LogP contribution >= 0.6 is 0 Å². The molecule has 0 radical (unpaired) electrons. The lowest BCUT2D eigenvalue weighted by Crippen LogP contribution is -2.50. The van der Waals surface area contributed by atoms with Gasteiger partial charge in [0.2, 0.25) is 0 Å². The van der Waals surface area contributed by atoms with Crippen molar-refractivity contribution in [2.45, 2.75) is 31.0 Å². The summed E-state index contributed by atoms with van der Waals surface area (Å²) in [6.07, 6.45) is 1.53. The van der Waals surface area contributed by atoms with Gasteiger partial charge in [-0.15, -0.1) is 0 Å². The quantitative estimate of drug-likeness (QED) is 0.614. The van der Waals surface area contributed by atoms with Crippen LogP contribution in [0.5, 0.6) is 0 Å². The summed E-state index contributed by atoms with van der Waals surface area (Å²) in [5.74, 6) is 2.42. The van der Waals surface area contributed by atoms with E-state index in [4.69, 9.17) is 4.74 Å². The van der Waals surface area contributed by atoms with E-state index in [-0.39, 0.29) is 6.10 Å². The second-order valence-corrected chi connectivity index (χ2v) is 8.78. The first-order valence-corrected chi connectivity index (χ1v) is 11.2. The normalized spacial score (nSPS) is 29.0. The minimum Gasteiger partial charge on any atom is -0.373 e. The van der Waals surface area contributed by atoms with Crippen LogP contribution in [0.15, 0.2) is 65.7 Å². The molecule has 3 fully saturated rings. The SMILES string of the molecule is CN=C(NCC1CC1c1ccccc1)N1CC2OCCN(Cc3ccccc3)C2C1. The van der Waals surface area contributed by atoms with Crippen molar-refractivity contribution < 1.29 is 4.74 Å². The Morgan fingerprint density at radius 1 is 1.07 bits per heavy atom. The van der Waals surface area contributed by atoms with Gasteiger partial charge >= 0.3 is 0 Å². The zero-order chi connectivity index (χ0) is 20.3. The largest absolute Gasteiger partial charge is 0.373 e. The van der Waals surface area contributed by atoms with Gasteiger partial charge in [0.05, 0.1) is 18.8 Å². The summed E-state index contributed by atoms with van der Waals surface area (Å²) in [5, 5.41) is 3.65. The average Bonchev–Trinajstić information content (AvgIpc) is 3.44. The number of benzene rings is 2. The Bertz CT molecular complexity index is 856. The number of hydrogen-bond donors (Lipinski definition) is 1. The Labute approximate surface area is 179 Å². The van der Waals surface area contributed by atoms with Gasteiger partial charge in [0, 0.05) is 39.8 Å². The van der Waals surface area contributed by atoms with Crippen molar-refractivity contribution in [2.75, 3.05) is 39.8 Å². The summed E-state index contributed by atoms with van der Waals surface area (Å²) in [6, 6.07) is 22.1. The zero-order valence-electron chi connectivity index (χ0n) is 17.8. The second-order valence-electron chi connectivity index (χ2n) is 8.78. The van der Waals surface area contributed by atoms with Crippen LogP contribution in [-0.2, 0) is 11.3 Å². The third-order valence-corrected chi connectivity index (χ3v) is 6.83. The van der Waals surface area contributed by atoms with Gasteiger partial charge in [-0.05, 0) is 29.4 Å². The number of ether oxygens (including phenoxy) is 1. The highest BCUT2D eigenvalue weighted by molar-refractivity contribution is 5.80. The van der Waals surface area contributed by atoms with Crippen LogP contribution in [0.25, 0.3) is 0 Å². The Kier molecular flexibility index (Phi) is 5.73. The van der Waals surface area contributed by atoms with Gasteiger partial charge < -0.3 is 15.0 Å². The fraction of sp³-hybridized carbons (Fsp3) is 0.480. The molecule has 2 aromatic rings. The van der Waals surface area contributed by atoms with Crippen molar-refractivity contribution in [1.29, 1.82) is 0 Å². The summed E-state index contributed by atoms with van der Waals surface area (Å²) in [7, 11) is 1.90. The van der Waals surface area contributed by atoms with Gasteiger partial charge in [-0.1, -0.05) is 60.7 Å². The Hall–Kier alpha value is -2.37. The number of morpholine rings is 1. The van der Waals surface area contributed by atoms with E-state index in [9.17, 15) is 0 Å². The molecule has 3 aliphatic rings. The molecule has 5 heteroatoms. The molecule has 2 aliphatic heterocycles. The molecule has 4 atom stereocenters. The number of rotatable bonds is 5. The van der Waals surface area contributed by atoms with E-state index in [1.54, 1.807) is 0 Å². The molecule has 30 heavy (non-hydrogen) atoms. The molecule has 2 heterocycles. The molecule has 2 saturated heterocycles. The standard InChI is InChI=1S/C25H32N4O/c1-26-25(27-15-21-14-22(21)20-10-6-3-7-11-20)29-17-23-24(18-29)30-13-12-28(23)16-19-8-4-2-5-9-19/h2-11,21-24H,12-18H2,1H3,(H,26,27). The molecule has 1 aliphatic carbocycles. The lowest BCUT2D eigenvalue weighted by atomic mass is 10.1. The maximum Gasteiger partial charge on any atom is 0.193 e. The van der Waals surface area contributed by atoms with Crippen molar-refractivity contribution in [2.24, 2.45) is 10.9 Å². The van der Waals surface area contributed by atoms with Crippen molar-refractivity contribution in [3.63, 3.8) is 0 Å². The third-order valence-electron chi connectivity index (χ3n) is 6.83. The monoisotopic (exact) mass is 404 g/mol. The number of fused-ring (bicyclic) bond motifs is 1. The van der Waals surface area contributed by atoms with Crippen LogP contribution in [0.2, 0.25) is 0 Å². The fourth-order valence-electron chi connectivity index (χ4n) is 5.08. The maximum atomic E-state index is 6.14. The molecule has 2 aromatic carbocycles. The number of hydrogen-bond acceptors (Lipinski definition) is 3. The van der Waals surface area contributed by atoms with Crippen LogP contribution in [0, 0.1) is 5.92 Å². The average molecular weight is 405 g/mol. The zero-order valence-corrected chi connectivity index (χ0v) is 17.8.